The van der Waals surface area contributed by atoms with Crippen molar-refractivity contribution >= 4 is 10.0 Å². The summed E-state index contributed by atoms with van der Waals surface area (Å²) in [6.07, 6.45) is 2.96. The first-order valence-electron chi connectivity index (χ1n) is 6.17. The Morgan fingerprint density at radius 3 is 2.84 bits per heavy atom. The zero-order valence-electron chi connectivity index (χ0n) is 10.8. The van der Waals surface area contributed by atoms with E-state index in [1.165, 1.54) is 6.20 Å². The number of aliphatic hydroxyl groups excluding tert-OH is 1. The molecule has 0 bridgehead atoms. The number of hydrogen-bond donors (Lipinski definition) is 3. The normalized spacial score (nSPS) is 19.5. The molecule has 0 unspecified atom stereocenters. The maximum absolute atomic E-state index is 12.1. The lowest BCUT2D eigenvalue weighted by Crippen LogP contribution is -2.39. The van der Waals surface area contributed by atoms with Gasteiger partial charge in [0.05, 0.1) is 12.8 Å². The fourth-order valence-electron chi connectivity index (χ4n) is 2.03. The van der Waals surface area contributed by atoms with Gasteiger partial charge in [-0.2, -0.15) is 5.10 Å². The summed E-state index contributed by atoms with van der Waals surface area (Å²) in [6.45, 7) is 3.34. The first kappa shape index (κ1) is 14.4. The van der Waals surface area contributed by atoms with E-state index in [9.17, 15) is 8.42 Å². The molecule has 0 aromatic carbocycles. The second-order valence-corrected chi connectivity index (χ2v) is 6.83. The van der Waals surface area contributed by atoms with E-state index < -0.39 is 10.0 Å². The van der Waals surface area contributed by atoms with Gasteiger partial charge in [-0.3, -0.25) is 5.10 Å². The molecule has 1 aliphatic rings. The Kier molecular flexibility index (Phi) is 4.24. The van der Waals surface area contributed by atoms with E-state index in [2.05, 4.69) is 14.9 Å². The molecule has 108 valence electrons. The van der Waals surface area contributed by atoms with Crippen molar-refractivity contribution in [3.8, 4) is 0 Å². The van der Waals surface area contributed by atoms with Gasteiger partial charge in [0.25, 0.3) is 10.0 Å². The summed E-state index contributed by atoms with van der Waals surface area (Å²) in [6, 6.07) is 0. The summed E-state index contributed by atoms with van der Waals surface area (Å²) in [4.78, 5) is 0. The number of aromatic nitrogens is 2. The van der Waals surface area contributed by atoms with E-state index in [4.69, 9.17) is 9.84 Å². The van der Waals surface area contributed by atoms with Crippen molar-refractivity contribution in [2.45, 2.75) is 31.4 Å². The Balaban J connectivity index is 2.05. The number of hydrogen-bond acceptors (Lipinski definition) is 5. The summed E-state index contributed by atoms with van der Waals surface area (Å²) in [5, 5.41) is 15.1. The summed E-state index contributed by atoms with van der Waals surface area (Å²) in [5.41, 5.74) is 0.176. The SMILES string of the molecule is CC1(CNS(=O)(=O)c2[nH]ncc2CO)CCOCC1. The number of ether oxygens (including phenoxy) is 1. The average molecular weight is 289 g/mol. The van der Waals surface area contributed by atoms with E-state index in [1.807, 2.05) is 6.92 Å². The standard InChI is InChI=1S/C11H19N3O4S/c1-11(2-4-18-5-3-11)8-13-19(16,17)10-9(7-15)6-12-14-10/h6,13,15H,2-5,7-8H2,1H3,(H,12,14). The molecule has 8 heteroatoms. The molecule has 3 N–H and O–H groups in total. The van der Waals surface area contributed by atoms with E-state index >= 15 is 0 Å². The lowest BCUT2D eigenvalue weighted by Gasteiger charge is -2.33. The minimum Gasteiger partial charge on any atom is -0.392 e. The van der Waals surface area contributed by atoms with Gasteiger partial charge in [0, 0.05) is 25.3 Å². The van der Waals surface area contributed by atoms with Gasteiger partial charge in [0.2, 0.25) is 0 Å². The fraction of sp³-hybridized carbons (Fsp3) is 0.727. The highest BCUT2D eigenvalue weighted by Gasteiger charge is 2.30. The van der Waals surface area contributed by atoms with Crippen LogP contribution in [0.25, 0.3) is 0 Å². The van der Waals surface area contributed by atoms with Crippen molar-refractivity contribution in [1.29, 1.82) is 0 Å². The topological polar surface area (TPSA) is 104 Å². The van der Waals surface area contributed by atoms with Crippen molar-refractivity contribution in [2.75, 3.05) is 19.8 Å². The van der Waals surface area contributed by atoms with Gasteiger partial charge in [-0.1, -0.05) is 6.92 Å². The summed E-state index contributed by atoms with van der Waals surface area (Å²) < 4.78 is 32.1. The summed E-state index contributed by atoms with van der Waals surface area (Å²) in [7, 11) is -3.67. The van der Waals surface area contributed by atoms with Crippen LogP contribution < -0.4 is 4.72 Å². The minimum atomic E-state index is -3.67. The van der Waals surface area contributed by atoms with Crippen LogP contribution in [0.3, 0.4) is 0 Å². The highest BCUT2D eigenvalue weighted by molar-refractivity contribution is 7.89. The molecule has 2 heterocycles. The maximum Gasteiger partial charge on any atom is 0.257 e. The number of nitrogens with zero attached hydrogens (tertiary/aromatic N) is 1. The van der Waals surface area contributed by atoms with Crippen LogP contribution in [0.4, 0.5) is 0 Å². The molecule has 19 heavy (non-hydrogen) atoms. The Hall–Kier alpha value is -0.960. The summed E-state index contributed by atoms with van der Waals surface area (Å²) >= 11 is 0. The van der Waals surface area contributed by atoms with Crippen LogP contribution in [0.2, 0.25) is 0 Å². The molecule has 0 atom stereocenters. The van der Waals surface area contributed by atoms with Crippen LogP contribution >= 0.6 is 0 Å². The molecule has 1 aromatic heterocycles. The van der Waals surface area contributed by atoms with Gasteiger partial charge in [0.1, 0.15) is 0 Å². The summed E-state index contributed by atoms with van der Waals surface area (Å²) in [5.74, 6) is 0. The van der Waals surface area contributed by atoms with Gasteiger partial charge < -0.3 is 9.84 Å². The Morgan fingerprint density at radius 2 is 2.21 bits per heavy atom. The largest absolute Gasteiger partial charge is 0.392 e. The average Bonchev–Trinajstić information content (AvgIpc) is 2.87. The van der Waals surface area contributed by atoms with E-state index in [1.54, 1.807) is 0 Å². The lowest BCUT2D eigenvalue weighted by atomic mass is 9.83. The van der Waals surface area contributed by atoms with Crippen LogP contribution in [0.1, 0.15) is 25.3 Å². The van der Waals surface area contributed by atoms with E-state index in [-0.39, 0.29) is 22.6 Å². The third-order valence-corrected chi connectivity index (χ3v) is 4.92. The number of aromatic amines is 1. The third-order valence-electron chi connectivity index (χ3n) is 3.51. The molecule has 2 rings (SSSR count). The van der Waals surface area contributed by atoms with Crippen molar-refractivity contribution in [3.05, 3.63) is 11.8 Å². The van der Waals surface area contributed by atoms with Crippen LogP contribution in [0, 0.1) is 5.41 Å². The minimum absolute atomic E-state index is 0.0642. The molecular formula is C11H19N3O4S. The Bertz CT molecular complexity index is 520. The number of aliphatic hydroxyl groups is 1. The van der Waals surface area contributed by atoms with Crippen LogP contribution in [0.15, 0.2) is 11.2 Å². The number of sulfonamides is 1. The fourth-order valence-corrected chi connectivity index (χ4v) is 3.35. The molecule has 0 amide bonds. The van der Waals surface area contributed by atoms with Crippen LogP contribution in [-0.2, 0) is 21.4 Å². The van der Waals surface area contributed by atoms with Crippen molar-refractivity contribution < 1.29 is 18.3 Å². The highest BCUT2D eigenvalue weighted by atomic mass is 32.2. The predicted octanol–water partition coefficient (Wildman–Crippen LogP) is -0.00300. The second-order valence-electron chi connectivity index (χ2n) is 5.13. The van der Waals surface area contributed by atoms with Crippen molar-refractivity contribution in [2.24, 2.45) is 5.41 Å². The molecular weight excluding hydrogens is 270 g/mol. The molecule has 1 saturated heterocycles. The van der Waals surface area contributed by atoms with Crippen molar-refractivity contribution in [3.63, 3.8) is 0 Å². The second kappa shape index (κ2) is 5.58. The number of H-pyrrole nitrogens is 1. The van der Waals surface area contributed by atoms with Gasteiger partial charge in [0.15, 0.2) is 5.03 Å². The molecule has 0 spiro atoms. The molecule has 0 saturated carbocycles. The third kappa shape index (κ3) is 3.33. The monoisotopic (exact) mass is 289 g/mol. The van der Waals surface area contributed by atoms with Gasteiger partial charge in [-0.05, 0) is 18.3 Å². The highest BCUT2D eigenvalue weighted by Crippen LogP contribution is 2.29. The van der Waals surface area contributed by atoms with Crippen LogP contribution in [0.5, 0.6) is 0 Å². The first-order chi connectivity index (χ1) is 8.97. The Labute approximate surface area is 112 Å². The molecule has 0 radical (unpaired) electrons. The Morgan fingerprint density at radius 1 is 1.53 bits per heavy atom. The zero-order valence-corrected chi connectivity index (χ0v) is 11.7. The number of rotatable bonds is 5. The predicted molar refractivity (Wildman–Crippen MR) is 67.9 cm³/mol. The van der Waals surface area contributed by atoms with Crippen molar-refractivity contribution in [1.82, 2.24) is 14.9 Å². The lowest BCUT2D eigenvalue weighted by molar-refractivity contribution is 0.0264. The first-order valence-corrected chi connectivity index (χ1v) is 7.66. The smallest absolute Gasteiger partial charge is 0.257 e. The van der Waals surface area contributed by atoms with Gasteiger partial charge in [-0.15, -0.1) is 0 Å². The van der Waals surface area contributed by atoms with Gasteiger partial charge in [-0.25, -0.2) is 13.1 Å². The van der Waals surface area contributed by atoms with E-state index in [0.717, 1.165) is 12.8 Å². The molecule has 7 nitrogen and oxygen atoms in total. The van der Waals surface area contributed by atoms with Crippen LogP contribution in [-0.4, -0.2) is 43.5 Å². The quantitative estimate of drug-likeness (QED) is 0.707. The molecule has 0 aliphatic carbocycles. The number of nitrogens with one attached hydrogen (secondary N) is 2. The van der Waals surface area contributed by atoms with E-state index in [0.29, 0.717) is 19.8 Å². The zero-order chi connectivity index (χ0) is 13.9. The maximum atomic E-state index is 12.1. The molecule has 1 fully saturated rings. The molecule has 1 aromatic rings. The molecule has 1 aliphatic heterocycles. The van der Waals surface area contributed by atoms with Gasteiger partial charge >= 0.3 is 0 Å².